The first-order valence-electron chi connectivity index (χ1n) is 9.85. The lowest BCUT2D eigenvalue weighted by atomic mass is 9.85. The van der Waals surface area contributed by atoms with Crippen LogP contribution in [-0.2, 0) is 23.9 Å². The molecule has 31 heavy (non-hydrogen) atoms. The number of rotatable bonds is 5. The van der Waals surface area contributed by atoms with Crippen LogP contribution in [0.5, 0.6) is 0 Å². The maximum Gasteiger partial charge on any atom is 0.329 e. The van der Waals surface area contributed by atoms with E-state index in [1.807, 2.05) is 12.2 Å². The number of amides is 4. The van der Waals surface area contributed by atoms with Gasteiger partial charge in [-0.25, -0.2) is 4.79 Å². The van der Waals surface area contributed by atoms with E-state index in [-0.39, 0.29) is 34.2 Å². The minimum atomic E-state index is -1.14. The Balaban J connectivity index is 1.27. The first-order chi connectivity index (χ1) is 14.8. The van der Waals surface area contributed by atoms with Gasteiger partial charge in [0.05, 0.1) is 22.4 Å². The molecule has 10 heteroatoms. The number of allylic oxidation sites excluding steroid dienone is 2. The van der Waals surface area contributed by atoms with Crippen molar-refractivity contribution in [3.63, 3.8) is 0 Å². The number of fused-ring (bicyclic) bond motifs is 5. The third-order valence-corrected chi connectivity index (χ3v) is 6.34. The second kappa shape index (κ2) is 8.14. The van der Waals surface area contributed by atoms with Crippen molar-refractivity contribution in [3.8, 4) is 0 Å². The van der Waals surface area contributed by atoms with Crippen molar-refractivity contribution in [1.82, 2.24) is 15.8 Å². The largest absolute Gasteiger partial charge is 0.454 e. The van der Waals surface area contributed by atoms with E-state index in [0.29, 0.717) is 0 Å². The fraction of sp³-hybridized carbons (Fsp3) is 0.381. The van der Waals surface area contributed by atoms with E-state index in [1.54, 1.807) is 12.1 Å². The van der Waals surface area contributed by atoms with Gasteiger partial charge in [0.15, 0.2) is 6.61 Å². The Morgan fingerprint density at radius 2 is 1.71 bits per heavy atom. The first kappa shape index (κ1) is 21.0. The van der Waals surface area contributed by atoms with Crippen molar-refractivity contribution in [2.24, 2.45) is 23.7 Å². The second-order valence-corrected chi connectivity index (χ2v) is 8.22. The first-order valence-corrected chi connectivity index (χ1v) is 10.2. The molecule has 1 aromatic rings. The molecule has 9 nitrogen and oxygen atoms in total. The molecule has 2 fully saturated rings. The number of nitrogens with zero attached hydrogens (tertiary/aromatic N) is 1. The summed E-state index contributed by atoms with van der Waals surface area (Å²) in [5, 5.41) is 0.211. The van der Waals surface area contributed by atoms with E-state index in [2.05, 4.69) is 10.9 Å². The molecule has 5 atom stereocenters. The van der Waals surface area contributed by atoms with Crippen molar-refractivity contribution in [2.45, 2.75) is 19.4 Å². The summed E-state index contributed by atoms with van der Waals surface area (Å²) >= 11 is 5.91. The molecule has 1 aliphatic heterocycles. The highest BCUT2D eigenvalue weighted by Gasteiger charge is 2.60. The molecular weight excluding hydrogens is 426 g/mol. The highest BCUT2D eigenvalue weighted by atomic mass is 35.5. The highest BCUT2D eigenvalue weighted by Crippen LogP contribution is 2.52. The van der Waals surface area contributed by atoms with Crippen LogP contribution in [0.2, 0.25) is 5.02 Å². The van der Waals surface area contributed by atoms with Crippen LogP contribution in [-0.4, -0.2) is 47.1 Å². The average molecular weight is 446 g/mol. The van der Waals surface area contributed by atoms with Gasteiger partial charge in [0.1, 0.15) is 6.04 Å². The number of imide groups is 1. The number of hydrogen-bond acceptors (Lipinski definition) is 6. The predicted molar refractivity (Wildman–Crippen MR) is 107 cm³/mol. The Hall–Kier alpha value is -3.20. The molecule has 2 bridgehead atoms. The standard InChI is InChI=1S/C21H20ClN3O6/c1-10(25-19(28)16-11-6-7-12(8-11)17(16)20(25)29)21(30)31-9-15(26)23-24-18(27)13-4-2-3-5-14(13)22/h2-7,10-12,16-17H,8-9H2,1H3,(H,23,26)(H,24,27)/t10-,11+,12+,16+,17+/m1/s1. The number of hydrogen-bond donors (Lipinski definition) is 2. The van der Waals surface area contributed by atoms with Gasteiger partial charge >= 0.3 is 5.97 Å². The van der Waals surface area contributed by atoms with Crippen LogP contribution < -0.4 is 10.9 Å². The van der Waals surface area contributed by atoms with E-state index in [9.17, 15) is 24.0 Å². The zero-order chi connectivity index (χ0) is 22.3. The van der Waals surface area contributed by atoms with Gasteiger partial charge in [-0.05, 0) is 37.3 Å². The van der Waals surface area contributed by atoms with Gasteiger partial charge < -0.3 is 4.74 Å². The Morgan fingerprint density at radius 1 is 1.10 bits per heavy atom. The molecule has 0 unspecified atom stereocenters. The van der Waals surface area contributed by atoms with Crippen LogP contribution >= 0.6 is 11.6 Å². The molecular formula is C21H20ClN3O6. The van der Waals surface area contributed by atoms with Gasteiger partial charge in [-0.3, -0.25) is 34.9 Å². The fourth-order valence-electron chi connectivity index (χ4n) is 4.55. The summed E-state index contributed by atoms with van der Waals surface area (Å²) in [5.41, 5.74) is 4.44. The number of ether oxygens (including phenoxy) is 1. The maximum atomic E-state index is 12.7. The zero-order valence-corrected chi connectivity index (χ0v) is 17.3. The predicted octanol–water partition coefficient (Wildman–Crippen LogP) is 0.840. The summed E-state index contributed by atoms with van der Waals surface area (Å²) in [4.78, 5) is 62.7. The summed E-state index contributed by atoms with van der Waals surface area (Å²) in [5.74, 6) is -3.81. The lowest BCUT2D eigenvalue weighted by Gasteiger charge is -2.23. The molecule has 3 aliphatic rings. The van der Waals surface area contributed by atoms with Crippen molar-refractivity contribution in [2.75, 3.05) is 6.61 Å². The SMILES string of the molecule is C[C@H](C(=O)OCC(=O)NNC(=O)c1ccccc1Cl)N1C(=O)[C@@H]2[C@@H](C1=O)[C@H]1C=C[C@H]2C1. The lowest BCUT2D eigenvalue weighted by molar-refractivity contribution is -0.160. The fourth-order valence-corrected chi connectivity index (χ4v) is 4.77. The highest BCUT2D eigenvalue weighted by molar-refractivity contribution is 6.33. The maximum absolute atomic E-state index is 12.7. The van der Waals surface area contributed by atoms with Gasteiger partial charge in [0, 0.05) is 0 Å². The van der Waals surface area contributed by atoms with Gasteiger partial charge in [0.25, 0.3) is 11.8 Å². The molecule has 4 rings (SSSR count). The Kier molecular flexibility index (Phi) is 5.53. The van der Waals surface area contributed by atoms with Crippen LogP contribution in [0, 0.1) is 23.7 Å². The smallest absolute Gasteiger partial charge is 0.329 e. The number of halogens is 1. The van der Waals surface area contributed by atoms with Crippen molar-refractivity contribution < 1.29 is 28.7 Å². The Labute approximate surface area is 182 Å². The molecule has 1 saturated carbocycles. The van der Waals surface area contributed by atoms with E-state index >= 15 is 0 Å². The summed E-state index contributed by atoms with van der Waals surface area (Å²) in [6.45, 7) is 0.702. The van der Waals surface area contributed by atoms with Crippen molar-refractivity contribution in [1.29, 1.82) is 0 Å². The minimum Gasteiger partial charge on any atom is -0.454 e. The minimum absolute atomic E-state index is 0.0344. The molecule has 0 spiro atoms. The zero-order valence-electron chi connectivity index (χ0n) is 16.5. The number of benzene rings is 1. The third kappa shape index (κ3) is 3.69. The number of hydrazine groups is 1. The van der Waals surface area contributed by atoms with E-state index in [1.165, 1.54) is 19.1 Å². The van der Waals surface area contributed by atoms with Crippen LogP contribution in [0.1, 0.15) is 23.7 Å². The molecule has 162 valence electrons. The second-order valence-electron chi connectivity index (χ2n) is 7.81. The molecule has 4 amide bonds. The topological polar surface area (TPSA) is 122 Å². The Morgan fingerprint density at radius 3 is 2.32 bits per heavy atom. The summed E-state index contributed by atoms with van der Waals surface area (Å²) in [6, 6.07) is 5.13. The molecule has 0 radical (unpaired) electrons. The molecule has 2 aliphatic carbocycles. The molecule has 1 aromatic carbocycles. The summed E-state index contributed by atoms with van der Waals surface area (Å²) in [6.07, 6.45) is 4.72. The molecule has 2 N–H and O–H groups in total. The van der Waals surface area contributed by atoms with Gasteiger partial charge in [-0.1, -0.05) is 35.9 Å². The molecule has 1 saturated heterocycles. The van der Waals surface area contributed by atoms with Crippen LogP contribution in [0.15, 0.2) is 36.4 Å². The van der Waals surface area contributed by atoms with Gasteiger partial charge in [0.2, 0.25) is 11.8 Å². The molecule has 0 aromatic heterocycles. The van der Waals surface area contributed by atoms with Crippen LogP contribution in [0.4, 0.5) is 0 Å². The third-order valence-electron chi connectivity index (χ3n) is 6.01. The van der Waals surface area contributed by atoms with E-state index in [4.69, 9.17) is 16.3 Å². The van der Waals surface area contributed by atoms with Crippen molar-refractivity contribution in [3.05, 3.63) is 47.0 Å². The van der Waals surface area contributed by atoms with Crippen LogP contribution in [0.3, 0.4) is 0 Å². The monoisotopic (exact) mass is 445 g/mol. The Bertz CT molecular complexity index is 979. The lowest BCUT2D eigenvalue weighted by Crippen LogP contribution is -2.47. The van der Waals surface area contributed by atoms with Crippen molar-refractivity contribution >= 4 is 41.2 Å². The quantitative estimate of drug-likeness (QED) is 0.300. The number of carbonyl (C=O) groups excluding carboxylic acids is 5. The van der Waals surface area contributed by atoms with E-state index in [0.717, 1.165) is 11.3 Å². The summed E-state index contributed by atoms with van der Waals surface area (Å²) in [7, 11) is 0. The van der Waals surface area contributed by atoms with E-state index < -0.39 is 42.3 Å². The number of nitrogens with one attached hydrogen (secondary N) is 2. The number of carbonyl (C=O) groups is 5. The van der Waals surface area contributed by atoms with Gasteiger partial charge in [-0.15, -0.1) is 0 Å². The normalized spacial score (nSPS) is 26.6. The summed E-state index contributed by atoms with van der Waals surface area (Å²) < 4.78 is 4.94. The number of likely N-dealkylation sites (tertiary alicyclic amines) is 1. The van der Waals surface area contributed by atoms with Crippen LogP contribution in [0.25, 0.3) is 0 Å². The van der Waals surface area contributed by atoms with Gasteiger partial charge in [-0.2, -0.15) is 0 Å². The average Bonchev–Trinajstić information content (AvgIpc) is 3.43. The molecule has 1 heterocycles. The number of esters is 1.